The van der Waals surface area contributed by atoms with Crippen molar-refractivity contribution >= 4 is 30.6 Å². The average Bonchev–Trinajstić information content (AvgIpc) is 3.00. The van der Waals surface area contributed by atoms with Crippen molar-refractivity contribution < 1.29 is 33.8 Å². The van der Waals surface area contributed by atoms with E-state index in [2.05, 4.69) is 14.5 Å². The van der Waals surface area contributed by atoms with E-state index in [9.17, 15) is 14.8 Å². The molecule has 8 N–H and O–H groups in total. The molecule has 2 aromatic heterocycles. The molecule has 0 spiro atoms. The van der Waals surface area contributed by atoms with Crippen LogP contribution in [0.3, 0.4) is 0 Å². The zero-order valence-corrected chi connectivity index (χ0v) is 13.0. The fourth-order valence-electron chi connectivity index (χ4n) is 2.55. The lowest BCUT2D eigenvalue weighted by atomic mass is 10.1. The van der Waals surface area contributed by atoms with Crippen LogP contribution in [0.4, 0.5) is 11.8 Å². The second-order valence-corrected chi connectivity index (χ2v) is 6.50. The summed E-state index contributed by atoms with van der Waals surface area (Å²) in [5, 5.41) is 20.7. The minimum Gasteiger partial charge on any atom is -0.387 e. The maximum absolute atomic E-state index is 10.8. The summed E-state index contributed by atoms with van der Waals surface area (Å²) in [5.74, 6) is 0.0695. The molecule has 0 amide bonds. The van der Waals surface area contributed by atoms with Gasteiger partial charge in [-0.25, -0.2) is 4.57 Å². The Kier molecular flexibility index (Phi) is 4.21. The minimum absolute atomic E-state index is 0.0747. The predicted octanol–water partition coefficient (Wildman–Crippen LogP) is -1.68. The minimum atomic E-state index is -4.73. The standard InChI is InChI=1S/C11H16N5O7P/c12-8-4-1-2-16(9(4)15-11(13)14-8)10-7(18)6(17)5(23-10)3-22-24(19,20)21/h1-2,5-7,10,17-18H,3H2,(H2,19,20,21)(H4,12,13,14,15)/t5-,6-,7+,10-/m1/s1. The molecule has 132 valence electrons. The van der Waals surface area contributed by atoms with Gasteiger partial charge in [0.25, 0.3) is 0 Å². The Bertz CT molecular complexity index is 807. The number of nitrogens with two attached hydrogens (primary N) is 2. The van der Waals surface area contributed by atoms with Gasteiger partial charge in [0, 0.05) is 6.20 Å². The maximum Gasteiger partial charge on any atom is 0.469 e. The van der Waals surface area contributed by atoms with Crippen molar-refractivity contribution in [1.82, 2.24) is 14.5 Å². The van der Waals surface area contributed by atoms with E-state index in [4.69, 9.17) is 26.0 Å². The quantitative estimate of drug-likeness (QED) is 0.340. The number of ether oxygens (including phenoxy) is 1. The fraction of sp³-hybridized carbons (Fsp3) is 0.455. The average molecular weight is 361 g/mol. The number of hydrogen-bond acceptors (Lipinski definition) is 9. The highest BCUT2D eigenvalue weighted by atomic mass is 31.2. The first-order chi connectivity index (χ1) is 11.2. The molecule has 0 bridgehead atoms. The molecule has 1 aliphatic heterocycles. The van der Waals surface area contributed by atoms with Crippen molar-refractivity contribution in [1.29, 1.82) is 0 Å². The SMILES string of the molecule is Nc1nc(N)c2ccn([C@@H]3O[C@H](COP(=O)(O)O)[C@@H](O)[C@@H]3O)c2n1. The van der Waals surface area contributed by atoms with Gasteiger partial charge in [0.05, 0.1) is 12.0 Å². The van der Waals surface area contributed by atoms with Crippen molar-refractivity contribution in [2.75, 3.05) is 18.1 Å². The van der Waals surface area contributed by atoms with Gasteiger partial charge in [-0.2, -0.15) is 9.97 Å². The van der Waals surface area contributed by atoms with Crippen LogP contribution >= 0.6 is 7.82 Å². The first-order valence-electron chi connectivity index (χ1n) is 6.78. The van der Waals surface area contributed by atoms with E-state index in [0.29, 0.717) is 5.39 Å². The van der Waals surface area contributed by atoms with Crippen LogP contribution < -0.4 is 11.5 Å². The molecule has 1 fully saturated rings. The van der Waals surface area contributed by atoms with Gasteiger partial charge < -0.3 is 40.8 Å². The number of nitrogens with zero attached hydrogens (tertiary/aromatic N) is 3. The maximum atomic E-state index is 10.8. The molecule has 0 saturated carbocycles. The van der Waals surface area contributed by atoms with Crippen molar-refractivity contribution in [2.45, 2.75) is 24.5 Å². The lowest BCUT2D eigenvalue weighted by molar-refractivity contribution is -0.0501. The number of anilines is 2. The topological polar surface area (TPSA) is 199 Å². The van der Waals surface area contributed by atoms with Gasteiger partial charge in [-0.1, -0.05) is 0 Å². The van der Waals surface area contributed by atoms with Gasteiger partial charge in [-0.05, 0) is 6.07 Å². The molecule has 0 aromatic carbocycles. The Morgan fingerprint density at radius 3 is 2.67 bits per heavy atom. The van der Waals surface area contributed by atoms with Crippen LogP contribution in [0.5, 0.6) is 0 Å². The smallest absolute Gasteiger partial charge is 0.387 e. The third kappa shape index (κ3) is 3.08. The van der Waals surface area contributed by atoms with Crippen LogP contribution in [0, 0.1) is 0 Å². The van der Waals surface area contributed by atoms with Gasteiger partial charge in [0.1, 0.15) is 29.8 Å². The Morgan fingerprint density at radius 2 is 2.00 bits per heavy atom. The predicted molar refractivity (Wildman–Crippen MR) is 80.3 cm³/mol. The summed E-state index contributed by atoms with van der Waals surface area (Å²) in [5.41, 5.74) is 11.6. The molecule has 0 unspecified atom stereocenters. The molecule has 13 heteroatoms. The molecule has 2 aromatic rings. The number of aliphatic hydroxyl groups is 2. The Labute approximate surface area is 134 Å². The Balaban J connectivity index is 1.89. The molecule has 0 aliphatic carbocycles. The van der Waals surface area contributed by atoms with Crippen molar-refractivity contribution in [2.24, 2.45) is 0 Å². The molecule has 24 heavy (non-hydrogen) atoms. The number of fused-ring (bicyclic) bond motifs is 1. The van der Waals surface area contributed by atoms with E-state index >= 15 is 0 Å². The second-order valence-electron chi connectivity index (χ2n) is 5.26. The van der Waals surface area contributed by atoms with Crippen LogP contribution in [-0.4, -0.2) is 59.5 Å². The molecule has 1 aliphatic rings. The van der Waals surface area contributed by atoms with E-state index in [-0.39, 0.29) is 17.4 Å². The third-order valence-corrected chi connectivity index (χ3v) is 4.12. The zero-order valence-electron chi connectivity index (χ0n) is 12.1. The van der Waals surface area contributed by atoms with E-state index < -0.39 is 39.0 Å². The highest BCUT2D eigenvalue weighted by Crippen LogP contribution is 2.39. The highest BCUT2D eigenvalue weighted by Gasteiger charge is 2.45. The van der Waals surface area contributed by atoms with E-state index in [1.54, 1.807) is 6.07 Å². The lowest BCUT2D eigenvalue weighted by Crippen LogP contribution is -2.33. The van der Waals surface area contributed by atoms with E-state index in [0.717, 1.165) is 0 Å². The number of aromatic nitrogens is 3. The van der Waals surface area contributed by atoms with Gasteiger partial charge in [0.15, 0.2) is 6.23 Å². The second kappa shape index (κ2) is 5.93. The summed E-state index contributed by atoms with van der Waals surface area (Å²) in [4.78, 5) is 25.3. The van der Waals surface area contributed by atoms with Crippen LogP contribution in [0.25, 0.3) is 11.0 Å². The molecule has 3 rings (SSSR count). The van der Waals surface area contributed by atoms with Crippen LogP contribution in [0.2, 0.25) is 0 Å². The first kappa shape index (κ1) is 17.0. The molecule has 12 nitrogen and oxygen atoms in total. The molecular weight excluding hydrogens is 345 g/mol. The number of phosphoric acid groups is 1. The third-order valence-electron chi connectivity index (χ3n) is 3.64. The van der Waals surface area contributed by atoms with Gasteiger partial charge in [0.2, 0.25) is 5.95 Å². The van der Waals surface area contributed by atoms with Crippen LogP contribution in [-0.2, 0) is 13.8 Å². The van der Waals surface area contributed by atoms with Gasteiger partial charge >= 0.3 is 7.82 Å². The monoisotopic (exact) mass is 361 g/mol. The fourth-order valence-corrected chi connectivity index (χ4v) is 2.89. The van der Waals surface area contributed by atoms with Gasteiger partial charge in [-0.15, -0.1) is 0 Å². The van der Waals surface area contributed by atoms with E-state index in [1.807, 2.05) is 0 Å². The number of rotatable bonds is 4. The summed E-state index contributed by atoms with van der Waals surface area (Å²) >= 11 is 0. The molecule has 3 heterocycles. The summed E-state index contributed by atoms with van der Waals surface area (Å²) in [6.07, 6.45) is -3.51. The zero-order chi connectivity index (χ0) is 17.6. The van der Waals surface area contributed by atoms with Crippen molar-refractivity contribution in [3.05, 3.63) is 12.3 Å². The molecule has 1 saturated heterocycles. The van der Waals surface area contributed by atoms with Crippen LogP contribution in [0.15, 0.2) is 12.3 Å². The Morgan fingerprint density at radius 1 is 1.29 bits per heavy atom. The Hall–Kier alpha value is -1.79. The van der Waals surface area contributed by atoms with Gasteiger partial charge in [-0.3, -0.25) is 4.52 Å². The molecule has 0 radical (unpaired) electrons. The van der Waals surface area contributed by atoms with E-state index in [1.165, 1.54) is 10.8 Å². The van der Waals surface area contributed by atoms with Crippen molar-refractivity contribution in [3.8, 4) is 0 Å². The number of phosphoric ester groups is 1. The highest BCUT2D eigenvalue weighted by molar-refractivity contribution is 7.46. The van der Waals surface area contributed by atoms with Crippen molar-refractivity contribution in [3.63, 3.8) is 0 Å². The number of hydrogen-bond donors (Lipinski definition) is 6. The summed E-state index contributed by atoms with van der Waals surface area (Å²) in [7, 11) is -4.73. The number of nitrogen functional groups attached to an aromatic ring is 2. The normalized spacial score (nSPS) is 27.8. The summed E-state index contributed by atoms with van der Waals surface area (Å²) in [6, 6.07) is 1.59. The largest absolute Gasteiger partial charge is 0.469 e. The molecular formula is C11H16N5O7P. The summed E-state index contributed by atoms with van der Waals surface area (Å²) in [6.45, 7) is -0.600. The molecule has 4 atom stereocenters. The number of aliphatic hydroxyl groups excluding tert-OH is 2. The summed E-state index contributed by atoms with van der Waals surface area (Å²) < 4.78 is 21.9. The first-order valence-corrected chi connectivity index (χ1v) is 8.31. The van der Waals surface area contributed by atoms with Crippen LogP contribution in [0.1, 0.15) is 6.23 Å². The lowest BCUT2D eigenvalue weighted by Gasteiger charge is -2.17.